The van der Waals surface area contributed by atoms with Crippen LogP contribution in [0.5, 0.6) is 0 Å². The third-order valence-corrected chi connectivity index (χ3v) is 8.90. The van der Waals surface area contributed by atoms with E-state index >= 15 is 0 Å². The summed E-state index contributed by atoms with van der Waals surface area (Å²) in [5.74, 6) is -2.55. The highest BCUT2D eigenvalue weighted by atomic mass is 16.6. The maximum absolute atomic E-state index is 12.9. The number of aliphatic hydroxyl groups is 3. The number of hydrogen-bond acceptors (Lipinski definition) is 6. The zero-order chi connectivity index (χ0) is 23.1. The number of carbonyl (C=O) groups excluding carboxylic acids is 2. The minimum atomic E-state index is -1.77. The fourth-order valence-electron chi connectivity index (χ4n) is 6.96. The molecule has 31 heavy (non-hydrogen) atoms. The lowest BCUT2D eigenvalue weighted by molar-refractivity contribution is -0.185. The third kappa shape index (κ3) is 2.61. The number of aliphatic hydroxyl groups excluding tert-OH is 1. The standard InChI is InChI=1S/C25H34O6/c1-7-13(2)21(28)31-24-10-15(4)25(30)17(19(24)22(24,5)6)9-16(12-26)11-23(29)18(25)8-14(3)20(23)27/h7-9,15,17-19,26,29-30H,10-12H2,1-6H3/b13-7+/t15-,17+,18-,19-,23-,24+,25-/m1/s1. The summed E-state index contributed by atoms with van der Waals surface area (Å²) in [5, 5.41) is 33.7. The maximum Gasteiger partial charge on any atom is 0.333 e. The molecular formula is C25H34O6. The first-order chi connectivity index (χ1) is 14.3. The smallest absolute Gasteiger partial charge is 0.333 e. The fraction of sp³-hybridized carbons (Fsp3) is 0.680. The van der Waals surface area contributed by atoms with Gasteiger partial charge < -0.3 is 20.1 Å². The summed E-state index contributed by atoms with van der Waals surface area (Å²) in [6.45, 7) is 10.9. The molecule has 0 heterocycles. The van der Waals surface area contributed by atoms with Gasteiger partial charge in [-0.1, -0.05) is 39.0 Å². The Morgan fingerprint density at radius 3 is 2.52 bits per heavy atom. The van der Waals surface area contributed by atoms with Gasteiger partial charge in [0.15, 0.2) is 5.78 Å². The number of carbonyl (C=O) groups is 2. The van der Waals surface area contributed by atoms with Crippen molar-refractivity contribution in [2.24, 2.45) is 29.1 Å². The van der Waals surface area contributed by atoms with Crippen molar-refractivity contribution in [3.63, 3.8) is 0 Å². The SMILES string of the molecule is C/C=C(\C)C(=O)O[C@@]12C[C@@H](C)[C@@]3(O)[C@@H](C=C(CO)C[C@]4(O)C(=O)C(C)=C[C@@H]34)[C@@H]1C2(C)C. The van der Waals surface area contributed by atoms with Gasteiger partial charge in [-0.2, -0.15) is 0 Å². The van der Waals surface area contributed by atoms with Crippen LogP contribution in [0.25, 0.3) is 0 Å². The lowest BCUT2D eigenvalue weighted by Crippen LogP contribution is -2.61. The van der Waals surface area contributed by atoms with Crippen LogP contribution in [-0.2, 0) is 14.3 Å². The summed E-state index contributed by atoms with van der Waals surface area (Å²) >= 11 is 0. The molecule has 0 radical (unpaired) electrons. The van der Waals surface area contributed by atoms with Crippen LogP contribution >= 0.6 is 0 Å². The molecule has 0 spiro atoms. The molecule has 4 rings (SSSR count). The molecular weight excluding hydrogens is 396 g/mol. The summed E-state index contributed by atoms with van der Waals surface area (Å²) in [4.78, 5) is 25.6. The molecule has 0 aromatic rings. The Morgan fingerprint density at radius 1 is 1.29 bits per heavy atom. The van der Waals surface area contributed by atoms with E-state index in [0.717, 1.165) is 0 Å². The van der Waals surface area contributed by atoms with E-state index in [0.29, 0.717) is 23.1 Å². The summed E-state index contributed by atoms with van der Waals surface area (Å²) < 4.78 is 6.12. The van der Waals surface area contributed by atoms with E-state index in [-0.39, 0.29) is 36.6 Å². The monoisotopic (exact) mass is 430 g/mol. The van der Waals surface area contributed by atoms with Gasteiger partial charge in [0.05, 0.1) is 12.2 Å². The van der Waals surface area contributed by atoms with Crippen molar-refractivity contribution in [3.8, 4) is 0 Å². The van der Waals surface area contributed by atoms with Gasteiger partial charge in [0.1, 0.15) is 11.2 Å². The highest BCUT2D eigenvalue weighted by Gasteiger charge is 2.83. The van der Waals surface area contributed by atoms with Gasteiger partial charge >= 0.3 is 5.97 Å². The number of rotatable bonds is 3. The van der Waals surface area contributed by atoms with Crippen molar-refractivity contribution < 1.29 is 29.6 Å². The van der Waals surface area contributed by atoms with E-state index < -0.39 is 34.1 Å². The number of ether oxygens (including phenoxy) is 1. The predicted octanol–water partition coefficient (Wildman–Crippen LogP) is 2.48. The molecule has 4 aliphatic carbocycles. The molecule has 0 saturated heterocycles. The lowest BCUT2D eigenvalue weighted by atomic mass is 9.60. The number of ketones is 1. The second kappa shape index (κ2) is 6.63. The summed E-state index contributed by atoms with van der Waals surface area (Å²) in [5.41, 5.74) is -2.81. The summed E-state index contributed by atoms with van der Waals surface area (Å²) in [6, 6.07) is 0. The Labute approximate surface area is 183 Å². The minimum absolute atomic E-state index is 0.00993. The number of esters is 1. The zero-order valence-corrected chi connectivity index (χ0v) is 19.2. The van der Waals surface area contributed by atoms with Crippen LogP contribution in [0.2, 0.25) is 0 Å². The van der Waals surface area contributed by atoms with Crippen molar-refractivity contribution in [2.75, 3.05) is 6.61 Å². The van der Waals surface area contributed by atoms with Crippen molar-refractivity contribution in [2.45, 2.75) is 71.2 Å². The van der Waals surface area contributed by atoms with Crippen molar-refractivity contribution in [1.82, 2.24) is 0 Å². The molecule has 3 N–H and O–H groups in total. The number of allylic oxidation sites excluding steroid dienone is 1. The lowest BCUT2D eigenvalue weighted by Gasteiger charge is -2.50. The Balaban J connectivity index is 1.85. The van der Waals surface area contributed by atoms with Crippen molar-refractivity contribution in [3.05, 3.63) is 34.9 Å². The van der Waals surface area contributed by atoms with Crippen LogP contribution < -0.4 is 0 Å². The molecule has 0 amide bonds. The molecule has 2 saturated carbocycles. The number of fused-ring (bicyclic) bond motifs is 5. The average molecular weight is 431 g/mol. The summed E-state index contributed by atoms with van der Waals surface area (Å²) in [6.07, 6.45) is 5.70. The first kappa shape index (κ1) is 22.4. The van der Waals surface area contributed by atoms with Crippen LogP contribution in [-0.4, -0.2) is 50.5 Å². The Bertz CT molecular complexity index is 942. The molecule has 0 aromatic carbocycles. The maximum atomic E-state index is 12.9. The molecule has 0 unspecified atom stereocenters. The average Bonchev–Trinajstić information content (AvgIpc) is 3.11. The van der Waals surface area contributed by atoms with Gasteiger partial charge in [0, 0.05) is 35.2 Å². The largest absolute Gasteiger partial charge is 0.455 e. The molecule has 6 nitrogen and oxygen atoms in total. The fourth-order valence-corrected chi connectivity index (χ4v) is 6.96. The van der Waals surface area contributed by atoms with Crippen LogP contribution in [0.4, 0.5) is 0 Å². The highest BCUT2D eigenvalue weighted by molar-refractivity contribution is 6.04. The van der Waals surface area contributed by atoms with E-state index in [9.17, 15) is 24.9 Å². The van der Waals surface area contributed by atoms with E-state index in [1.165, 1.54) is 0 Å². The minimum Gasteiger partial charge on any atom is -0.455 e. The van der Waals surface area contributed by atoms with Crippen LogP contribution in [0, 0.1) is 29.1 Å². The van der Waals surface area contributed by atoms with Gasteiger partial charge in [-0.05, 0) is 44.3 Å². The molecule has 0 bridgehead atoms. The second-order valence-corrected chi connectivity index (χ2v) is 10.7. The van der Waals surface area contributed by atoms with Crippen molar-refractivity contribution in [1.29, 1.82) is 0 Å². The van der Waals surface area contributed by atoms with Crippen LogP contribution in [0.1, 0.15) is 54.4 Å². The normalized spacial score (nSPS) is 45.6. The summed E-state index contributed by atoms with van der Waals surface area (Å²) in [7, 11) is 0. The number of hydrogen-bond donors (Lipinski definition) is 3. The van der Waals surface area contributed by atoms with Crippen LogP contribution in [0.15, 0.2) is 34.9 Å². The molecule has 0 aromatic heterocycles. The topological polar surface area (TPSA) is 104 Å². The van der Waals surface area contributed by atoms with Gasteiger partial charge in [0.2, 0.25) is 0 Å². The Morgan fingerprint density at radius 2 is 1.94 bits per heavy atom. The molecule has 6 heteroatoms. The Hall–Kier alpha value is -1.76. The van der Waals surface area contributed by atoms with E-state index in [4.69, 9.17) is 4.74 Å². The first-order valence-corrected chi connectivity index (χ1v) is 11.2. The molecule has 170 valence electrons. The number of Topliss-reactive ketones (excluding diaryl/α,β-unsaturated/α-hetero) is 1. The molecule has 4 aliphatic rings. The van der Waals surface area contributed by atoms with Crippen LogP contribution in [0.3, 0.4) is 0 Å². The third-order valence-electron chi connectivity index (χ3n) is 8.90. The highest BCUT2D eigenvalue weighted by Crippen LogP contribution is 2.76. The van der Waals surface area contributed by atoms with Gasteiger partial charge in [-0.3, -0.25) is 4.79 Å². The molecule has 2 fully saturated rings. The zero-order valence-electron chi connectivity index (χ0n) is 19.2. The van der Waals surface area contributed by atoms with Crippen molar-refractivity contribution >= 4 is 11.8 Å². The predicted molar refractivity (Wildman–Crippen MR) is 115 cm³/mol. The van der Waals surface area contributed by atoms with Gasteiger partial charge in [-0.25, -0.2) is 4.79 Å². The quantitative estimate of drug-likeness (QED) is 0.361. The van der Waals surface area contributed by atoms with Gasteiger partial charge in [-0.15, -0.1) is 0 Å². The van der Waals surface area contributed by atoms with E-state index in [2.05, 4.69) is 0 Å². The Kier molecular flexibility index (Phi) is 4.79. The van der Waals surface area contributed by atoms with E-state index in [1.54, 1.807) is 32.9 Å². The molecule has 0 aliphatic heterocycles. The second-order valence-electron chi connectivity index (χ2n) is 10.7. The van der Waals surface area contributed by atoms with E-state index in [1.807, 2.05) is 26.8 Å². The first-order valence-electron chi connectivity index (χ1n) is 11.2. The molecule has 7 atom stereocenters. The van der Waals surface area contributed by atoms with Gasteiger partial charge in [0.25, 0.3) is 0 Å².